The maximum absolute atomic E-state index is 13.7. The van der Waals surface area contributed by atoms with Crippen molar-refractivity contribution in [1.29, 1.82) is 0 Å². The van der Waals surface area contributed by atoms with Crippen LogP contribution in [0.25, 0.3) is 0 Å². The van der Waals surface area contributed by atoms with E-state index in [1.807, 2.05) is 78.9 Å². The molecule has 12 heteroatoms. The van der Waals surface area contributed by atoms with Crippen molar-refractivity contribution in [2.24, 2.45) is 0 Å². The number of rotatable bonds is 13. The van der Waals surface area contributed by atoms with Crippen LogP contribution in [0.3, 0.4) is 0 Å². The van der Waals surface area contributed by atoms with E-state index >= 15 is 0 Å². The molecule has 5 aromatic carbocycles. The van der Waals surface area contributed by atoms with Gasteiger partial charge in [-0.1, -0.05) is 127 Å². The minimum absolute atomic E-state index is 0.0225. The Morgan fingerprint density at radius 2 is 1.14 bits per heavy atom. The number of benzene rings is 5. The van der Waals surface area contributed by atoms with Gasteiger partial charge in [-0.3, -0.25) is 4.79 Å². The average molecular weight is 772 g/mol. The van der Waals surface area contributed by atoms with Gasteiger partial charge < -0.3 is 38.1 Å². The van der Waals surface area contributed by atoms with E-state index in [1.165, 1.54) is 4.90 Å². The summed E-state index contributed by atoms with van der Waals surface area (Å²) in [5, 5.41) is 0. The Morgan fingerprint density at radius 1 is 0.614 bits per heavy atom. The minimum atomic E-state index is -1.35. The van der Waals surface area contributed by atoms with Crippen LogP contribution in [0.15, 0.2) is 152 Å². The van der Waals surface area contributed by atoms with Gasteiger partial charge in [0.25, 0.3) is 0 Å². The molecule has 12 nitrogen and oxygen atoms in total. The zero-order valence-corrected chi connectivity index (χ0v) is 30.9. The fourth-order valence-corrected chi connectivity index (χ4v) is 6.50. The Hall–Kier alpha value is -6.18. The smallest absolute Gasteiger partial charge is 0.397 e. The third kappa shape index (κ3) is 10.2. The number of amides is 1. The molecule has 0 bridgehead atoms. The zero-order chi connectivity index (χ0) is 39.4. The van der Waals surface area contributed by atoms with Crippen molar-refractivity contribution in [2.45, 2.75) is 50.1 Å². The van der Waals surface area contributed by atoms with Crippen LogP contribution < -0.4 is 0 Å². The van der Waals surface area contributed by atoms with Crippen molar-refractivity contribution in [3.05, 3.63) is 179 Å². The fourth-order valence-electron chi connectivity index (χ4n) is 6.50. The highest BCUT2D eigenvalue weighted by Gasteiger charge is 2.54. The van der Waals surface area contributed by atoms with Crippen molar-refractivity contribution in [3.63, 3.8) is 0 Å². The standard InChI is InChI=1S/C45H41NO11/c47-40(43(50)52-29-32-18-8-2-9-19-32)46(28-31-16-6-1-7-17-31)26-27-51-45-39(56-42(49)34-22-12-4-13-23-34)38(55-41(48)33-20-10-3-11-21-33)37-36(54-45)30-53-44(57-37)35-24-14-5-15-25-35/h1-25,36-39,44-45H,26-30H2. The second-order valence-corrected chi connectivity index (χ2v) is 13.3. The van der Waals surface area contributed by atoms with Crippen LogP contribution in [0.5, 0.6) is 0 Å². The fraction of sp³-hybridized carbons (Fsp3) is 0.244. The largest absolute Gasteiger partial charge is 0.454 e. The van der Waals surface area contributed by atoms with Crippen molar-refractivity contribution < 1.29 is 52.3 Å². The molecule has 1 amide bonds. The second-order valence-electron chi connectivity index (χ2n) is 13.3. The molecule has 0 N–H and O–H groups in total. The summed E-state index contributed by atoms with van der Waals surface area (Å²) in [6.07, 6.45) is -6.54. The average Bonchev–Trinajstić information content (AvgIpc) is 3.27. The predicted octanol–water partition coefficient (Wildman–Crippen LogP) is 6.07. The quantitative estimate of drug-likeness (QED) is 0.0785. The van der Waals surface area contributed by atoms with E-state index in [9.17, 15) is 19.2 Å². The molecule has 0 saturated carbocycles. The Labute approximate surface area is 329 Å². The minimum Gasteiger partial charge on any atom is -0.454 e. The number of carbonyl (C=O) groups excluding carboxylic acids is 4. The van der Waals surface area contributed by atoms with Crippen molar-refractivity contribution in [2.75, 3.05) is 19.8 Å². The van der Waals surface area contributed by atoms with E-state index in [1.54, 1.807) is 72.8 Å². The van der Waals surface area contributed by atoms with Gasteiger partial charge in [0.2, 0.25) is 0 Å². The van der Waals surface area contributed by atoms with Gasteiger partial charge in [0, 0.05) is 18.7 Å². The Balaban J connectivity index is 1.14. The molecule has 6 unspecified atom stereocenters. The van der Waals surface area contributed by atoms with Crippen molar-refractivity contribution in [3.8, 4) is 0 Å². The Morgan fingerprint density at radius 3 is 1.74 bits per heavy atom. The predicted molar refractivity (Wildman–Crippen MR) is 204 cm³/mol. The molecule has 2 aliphatic rings. The number of fused-ring (bicyclic) bond motifs is 1. The van der Waals surface area contributed by atoms with Gasteiger partial charge in [-0.15, -0.1) is 0 Å². The first-order valence-electron chi connectivity index (χ1n) is 18.6. The van der Waals surface area contributed by atoms with E-state index < -0.39 is 60.8 Å². The zero-order valence-electron chi connectivity index (χ0n) is 30.9. The summed E-state index contributed by atoms with van der Waals surface area (Å²) >= 11 is 0. The van der Waals surface area contributed by atoms with E-state index in [4.69, 9.17) is 33.2 Å². The summed E-state index contributed by atoms with van der Waals surface area (Å²) in [6.45, 7) is -0.244. The number of esters is 3. The molecule has 0 aromatic heterocycles. The van der Waals surface area contributed by atoms with Crippen LogP contribution in [0.2, 0.25) is 0 Å². The van der Waals surface area contributed by atoms with Crippen LogP contribution in [-0.2, 0) is 55.9 Å². The first kappa shape index (κ1) is 39.1. The van der Waals surface area contributed by atoms with Gasteiger partial charge in [0.05, 0.1) is 24.3 Å². The topological polar surface area (TPSA) is 136 Å². The lowest BCUT2D eigenvalue weighted by Gasteiger charge is -2.48. The summed E-state index contributed by atoms with van der Waals surface area (Å²) in [5.41, 5.74) is 2.74. The molecule has 5 aromatic rings. The summed E-state index contributed by atoms with van der Waals surface area (Å²) in [6, 6.07) is 44.2. The van der Waals surface area contributed by atoms with Crippen LogP contribution in [0, 0.1) is 0 Å². The highest BCUT2D eigenvalue weighted by Crippen LogP contribution is 2.37. The van der Waals surface area contributed by atoms with Gasteiger partial charge in [0.1, 0.15) is 18.8 Å². The molecular weight excluding hydrogens is 730 g/mol. The molecule has 57 heavy (non-hydrogen) atoms. The van der Waals surface area contributed by atoms with Crippen molar-refractivity contribution in [1.82, 2.24) is 4.90 Å². The molecule has 6 atom stereocenters. The summed E-state index contributed by atoms with van der Waals surface area (Å²) in [5.74, 6) is -3.30. The van der Waals surface area contributed by atoms with Gasteiger partial charge in [-0.05, 0) is 35.4 Å². The molecule has 0 spiro atoms. The van der Waals surface area contributed by atoms with E-state index in [0.717, 1.165) is 16.7 Å². The third-order valence-corrected chi connectivity index (χ3v) is 9.39. The molecule has 292 valence electrons. The first-order chi connectivity index (χ1) is 27.9. The highest BCUT2D eigenvalue weighted by molar-refractivity contribution is 6.32. The van der Waals surface area contributed by atoms with Crippen molar-refractivity contribution >= 4 is 23.8 Å². The monoisotopic (exact) mass is 771 g/mol. The molecule has 2 fully saturated rings. The van der Waals surface area contributed by atoms with Crippen LogP contribution in [0.1, 0.15) is 43.7 Å². The SMILES string of the molecule is O=C(OCc1ccccc1)C(=O)N(CCOC1OC2COC(c3ccccc3)OC2C(OC(=O)c2ccccc2)C1OC(=O)c1ccccc1)Cc1ccccc1. The number of nitrogens with zero attached hydrogens (tertiary/aromatic N) is 1. The lowest BCUT2D eigenvalue weighted by Crippen LogP contribution is -2.64. The number of ether oxygens (including phenoxy) is 7. The Bertz CT molecular complexity index is 2070. The number of carbonyl (C=O) groups is 4. The second kappa shape index (κ2) is 19.1. The van der Waals surface area contributed by atoms with Gasteiger partial charge in [0.15, 0.2) is 24.8 Å². The maximum atomic E-state index is 13.7. The molecule has 2 aliphatic heterocycles. The molecule has 2 heterocycles. The van der Waals surface area contributed by atoms with Gasteiger partial charge in [-0.25, -0.2) is 14.4 Å². The molecular formula is C45H41NO11. The first-order valence-corrected chi connectivity index (χ1v) is 18.6. The third-order valence-electron chi connectivity index (χ3n) is 9.39. The summed E-state index contributed by atoms with van der Waals surface area (Å²) < 4.78 is 42.8. The summed E-state index contributed by atoms with van der Waals surface area (Å²) in [7, 11) is 0. The van der Waals surface area contributed by atoms with E-state index in [2.05, 4.69) is 0 Å². The van der Waals surface area contributed by atoms with Gasteiger partial charge >= 0.3 is 23.8 Å². The molecule has 7 rings (SSSR count). The number of hydrogen-bond donors (Lipinski definition) is 0. The number of hydrogen-bond acceptors (Lipinski definition) is 11. The lowest BCUT2D eigenvalue weighted by molar-refractivity contribution is -0.359. The molecule has 0 aliphatic carbocycles. The van der Waals surface area contributed by atoms with Crippen LogP contribution in [-0.4, -0.2) is 79.2 Å². The highest BCUT2D eigenvalue weighted by atomic mass is 16.8. The maximum Gasteiger partial charge on any atom is 0.397 e. The van der Waals surface area contributed by atoms with Crippen LogP contribution >= 0.6 is 0 Å². The molecule has 2 saturated heterocycles. The lowest BCUT2D eigenvalue weighted by atomic mass is 9.97. The van der Waals surface area contributed by atoms with E-state index in [0.29, 0.717) is 0 Å². The Kier molecular flexibility index (Phi) is 13.1. The van der Waals surface area contributed by atoms with Gasteiger partial charge in [-0.2, -0.15) is 0 Å². The van der Waals surface area contributed by atoms with E-state index in [-0.39, 0.29) is 44.0 Å². The normalized spacial score (nSPS) is 21.3. The van der Waals surface area contributed by atoms with Crippen LogP contribution in [0.4, 0.5) is 0 Å². The summed E-state index contributed by atoms with van der Waals surface area (Å²) in [4.78, 5) is 55.3. The molecule has 0 radical (unpaired) electrons.